The van der Waals surface area contributed by atoms with Crippen molar-refractivity contribution in [2.45, 2.75) is 51.6 Å². The Labute approximate surface area is 236 Å². The summed E-state index contributed by atoms with van der Waals surface area (Å²) in [5.41, 5.74) is 1.39. The minimum Gasteiger partial charge on any atom is -0.490 e. The second-order valence-corrected chi connectivity index (χ2v) is 9.80. The molecule has 10 nitrogen and oxygen atoms in total. The van der Waals surface area contributed by atoms with Gasteiger partial charge in [0.15, 0.2) is 5.75 Å². The van der Waals surface area contributed by atoms with Gasteiger partial charge in [-0.05, 0) is 44.0 Å². The molecule has 0 saturated heterocycles. The Bertz CT molecular complexity index is 1720. The van der Waals surface area contributed by atoms with Crippen molar-refractivity contribution in [3.8, 4) is 17.6 Å². The average Bonchev–Trinajstić information content (AvgIpc) is 3.00. The average molecular weight is 552 g/mol. The van der Waals surface area contributed by atoms with Crippen LogP contribution in [-0.4, -0.2) is 27.4 Å². The number of nitriles is 1. The lowest BCUT2D eigenvalue weighted by Gasteiger charge is -2.22. The Morgan fingerprint density at radius 3 is 2.63 bits per heavy atom. The number of hydrogen-bond donors (Lipinski definition) is 0. The molecule has 1 aliphatic rings. The quantitative estimate of drug-likeness (QED) is 0.140. The van der Waals surface area contributed by atoms with Gasteiger partial charge in [0, 0.05) is 23.1 Å². The molecule has 0 radical (unpaired) electrons. The molecule has 0 unspecified atom stereocenters. The lowest BCUT2D eigenvalue weighted by molar-refractivity contribution is -0.386. The van der Waals surface area contributed by atoms with Gasteiger partial charge in [0.1, 0.15) is 12.4 Å². The standard InChI is InChI=1S/C31H29N5O5/c1-2-40-28-17-21(16-27(36(38)39)29(28)41-20-24-13-7-6-12-23(24)18-32)19-33-35-30(22-10-4-3-5-11-22)34-26-15-9-8-14-25(26)31(35)37/h6-9,12-17,19,22H,2-5,10-11,20H2,1H3. The van der Waals surface area contributed by atoms with E-state index in [1.54, 1.807) is 49.4 Å². The van der Waals surface area contributed by atoms with E-state index in [1.165, 1.54) is 17.0 Å². The normalized spacial score (nSPS) is 13.8. The van der Waals surface area contributed by atoms with E-state index in [1.807, 2.05) is 12.1 Å². The first-order valence-corrected chi connectivity index (χ1v) is 13.6. The molecule has 1 aliphatic carbocycles. The molecule has 0 bridgehead atoms. The van der Waals surface area contributed by atoms with Crippen LogP contribution in [0.15, 0.2) is 70.6 Å². The Morgan fingerprint density at radius 1 is 1.12 bits per heavy atom. The zero-order valence-electron chi connectivity index (χ0n) is 22.7. The Balaban J connectivity index is 1.55. The fourth-order valence-corrected chi connectivity index (χ4v) is 5.13. The highest BCUT2D eigenvalue weighted by molar-refractivity contribution is 5.83. The van der Waals surface area contributed by atoms with Crippen molar-refractivity contribution >= 4 is 22.8 Å². The van der Waals surface area contributed by atoms with E-state index in [0.29, 0.717) is 33.4 Å². The third-order valence-corrected chi connectivity index (χ3v) is 7.14. The van der Waals surface area contributed by atoms with Gasteiger partial charge in [0.2, 0.25) is 5.75 Å². The minimum absolute atomic E-state index is 0.0471. The zero-order chi connectivity index (χ0) is 28.8. The third-order valence-electron chi connectivity index (χ3n) is 7.14. The van der Waals surface area contributed by atoms with Gasteiger partial charge in [-0.15, -0.1) is 0 Å². The van der Waals surface area contributed by atoms with Gasteiger partial charge in [-0.1, -0.05) is 49.6 Å². The van der Waals surface area contributed by atoms with Gasteiger partial charge < -0.3 is 9.47 Å². The van der Waals surface area contributed by atoms with E-state index in [0.717, 1.165) is 32.1 Å². The highest BCUT2D eigenvalue weighted by Gasteiger charge is 2.24. The molecule has 3 aromatic carbocycles. The van der Waals surface area contributed by atoms with Gasteiger partial charge in [-0.2, -0.15) is 15.0 Å². The summed E-state index contributed by atoms with van der Waals surface area (Å²) < 4.78 is 12.9. The molecule has 4 aromatic rings. The van der Waals surface area contributed by atoms with E-state index in [2.05, 4.69) is 11.2 Å². The van der Waals surface area contributed by atoms with Crippen LogP contribution in [0, 0.1) is 21.4 Å². The predicted octanol–water partition coefficient (Wildman–Crippen LogP) is 6.08. The van der Waals surface area contributed by atoms with Crippen LogP contribution in [0.3, 0.4) is 0 Å². The fourth-order valence-electron chi connectivity index (χ4n) is 5.13. The lowest BCUT2D eigenvalue weighted by Crippen LogP contribution is -2.25. The number of rotatable bonds is 9. The number of hydrogen-bond acceptors (Lipinski definition) is 8. The summed E-state index contributed by atoms with van der Waals surface area (Å²) in [6.07, 6.45) is 6.51. The summed E-state index contributed by atoms with van der Waals surface area (Å²) in [5.74, 6) is 0.808. The molecule has 1 saturated carbocycles. The summed E-state index contributed by atoms with van der Waals surface area (Å²) in [7, 11) is 0. The first kappa shape index (κ1) is 27.5. The predicted molar refractivity (Wildman–Crippen MR) is 155 cm³/mol. The fraction of sp³-hybridized carbons (Fsp3) is 0.290. The highest BCUT2D eigenvalue weighted by Crippen LogP contribution is 2.39. The molecule has 1 fully saturated rings. The van der Waals surface area contributed by atoms with Gasteiger partial charge in [0.25, 0.3) is 5.56 Å². The molecule has 41 heavy (non-hydrogen) atoms. The maximum Gasteiger partial charge on any atom is 0.315 e. The van der Waals surface area contributed by atoms with Crippen LogP contribution in [0.2, 0.25) is 0 Å². The highest BCUT2D eigenvalue weighted by atomic mass is 16.6. The molecule has 1 heterocycles. The topological polar surface area (TPSA) is 133 Å². The van der Waals surface area contributed by atoms with Crippen LogP contribution in [0.5, 0.6) is 11.5 Å². The monoisotopic (exact) mass is 551 g/mol. The largest absolute Gasteiger partial charge is 0.490 e. The molecule has 1 aromatic heterocycles. The molecular weight excluding hydrogens is 522 g/mol. The molecule has 208 valence electrons. The summed E-state index contributed by atoms with van der Waals surface area (Å²) in [6, 6.07) is 19.1. The lowest BCUT2D eigenvalue weighted by atomic mass is 9.88. The van der Waals surface area contributed by atoms with Crippen molar-refractivity contribution < 1.29 is 14.4 Å². The molecule has 0 spiro atoms. The summed E-state index contributed by atoms with van der Waals surface area (Å²) in [5, 5.41) is 26.5. The minimum atomic E-state index is -0.553. The van der Waals surface area contributed by atoms with Crippen molar-refractivity contribution in [2.24, 2.45) is 5.10 Å². The van der Waals surface area contributed by atoms with E-state index < -0.39 is 4.92 Å². The van der Waals surface area contributed by atoms with Crippen LogP contribution in [-0.2, 0) is 6.61 Å². The number of nitrogens with zero attached hydrogens (tertiary/aromatic N) is 5. The first-order chi connectivity index (χ1) is 20.0. The Hall–Kier alpha value is -5.04. The summed E-state index contributed by atoms with van der Waals surface area (Å²) in [4.78, 5) is 29.9. The van der Waals surface area contributed by atoms with Crippen molar-refractivity contribution in [1.82, 2.24) is 9.66 Å². The van der Waals surface area contributed by atoms with E-state index in [-0.39, 0.29) is 41.9 Å². The van der Waals surface area contributed by atoms with E-state index >= 15 is 0 Å². The van der Waals surface area contributed by atoms with Crippen LogP contribution in [0.1, 0.15) is 67.5 Å². The number of para-hydroxylation sites is 1. The first-order valence-electron chi connectivity index (χ1n) is 13.6. The van der Waals surface area contributed by atoms with Gasteiger partial charge in [-0.25, -0.2) is 4.98 Å². The number of aromatic nitrogens is 2. The number of nitro groups is 1. The summed E-state index contributed by atoms with van der Waals surface area (Å²) >= 11 is 0. The van der Waals surface area contributed by atoms with E-state index in [4.69, 9.17) is 14.5 Å². The van der Waals surface area contributed by atoms with Crippen LogP contribution in [0.4, 0.5) is 5.69 Å². The van der Waals surface area contributed by atoms with Gasteiger partial charge >= 0.3 is 5.69 Å². The molecule has 5 rings (SSSR count). The smallest absolute Gasteiger partial charge is 0.315 e. The van der Waals surface area contributed by atoms with E-state index in [9.17, 15) is 20.2 Å². The van der Waals surface area contributed by atoms with Gasteiger partial charge in [0.05, 0.1) is 40.3 Å². The van der Waals surface area contributed by atoms with Crippen LogP contribution >= 0.6 is 0 Å². The molecule has 10 heteroatoms. The molecule has 0 N–H and O–H groups in total. The van der Waals surface area contributed by atoms with Crippen molar-refractivity contribution in [1.29, 1.82) is 5.26 Å². The molecular formula is C31H29N5O5. The van der Waals surface area contributed by atoms with Crippen molar-refractivity contribution in [2.75, 3.05) is 6.61 Å². The van der Waals surface area contributed by atoms with Gasteiger partial charge in [-0.3, -0.25) is 14.9 Å². The number of fused-ring (bicyclic) bond motifs is 1. The SMILES string of the molecule is CCOc1cc(C=Nn2c(C3CCCCC3)nc3ccccc3c2=O)cc([N+](=O)[O-])c1OCc1ccccc1C#N. The zero-order valence-corrected chi connectivity index (χ0v) is 22.7. The second-order valence-electron chi connectivity index (χ2n) is 9.80. The Kier molecular flexibility index (Phi) is 8.34. The Morgan fingerprint density at radius 2 is 1.88 bits per heavy atom. The maximum atomic E-state index is 13.5. The molecule has 0 atom stereocenters. The summed E-state index contributed by atoms with van der Waals surface area (Å²) in [6.45, 7) is 1.95. The number of nitro benzene ring substituents is 1. The number of benzene rings is 3. The molecule has 0 amide bonds. The number of ether oxygens (including phenoxy) is 2. The van der Waals surface area contributed by atoms with Crippen molar-refractivity contribution in [3.05, 3.63) is 104 Å². The molecule has 0 aliphatic heterocycles. The van der Waals surface area contributed by atoms with Crippen LogP contribution < -0.4 is 15.0 Å². The maximum absolute atomic E-state index is 13.5. The third kappa shape index (κ3) is 5.94. The second kappa shape index (κ2) is 12.4. The van der Waals surface area contributed by atoms with Crippen molar-refractivity contribution in [3.63, 3.8) is 0 Å². The van der Waals surface area contributed by atoms with Crippen LogP contribution in [0.25, 0.3) is 10.9 Å².